The second-order valence-electron chi connectivity index (χ2n) is 7.51. The van der Waals surface area contributed by atoms with E-state index in [1.54, 1.807) is 36.8 Å². The van der Waals surface area contributed by atoms with Gasteiger partial charge < -0.3 is 24.4 Å². The largest absolute Gasteiger partial charge is 0.497 e. The Kier molecular flexibility index (Phi) is 4.44. The molecule has 4 rings (SSSR count). The molecule has 148 valence electrons. The molecule has 1 aromatic carbocycles. The summed E-state index contributed by atoms with van der Waals surface area (Å²) in [6, 6.07) is 7.04. The maximum atomic E-state index is 12.6. The Hall–Kier alpha value is -3.10. The lowest BCUT2D eigenvalue weighted by molar-refractivity contribution is -0.128. The zero-order valence-corrected chi connectivity index (χ0v) is 16.1. The topological polar surface area (TPSA) is 101 Å². The van der Waals surface area contributed by atoms with Crippen LogP contribution in [0.5, 0.6) is 5.75 Å². The number of likely N-dealkylation sites (tertiary alicyclic amines) is 2. The number of aryl methyl sites for hydroxylation is 1. The number of amides is 3. The van der Waals surface area contributed by atoms with Crippen LogP contribution in [0.2, 0.25) is 0 Å². The highest BCUT2D eigenvalue weighted by atomic mass is 16.5. The van der Waals surface area contributed by atoms with E-state index < -0.39 is 0 Å². The van der Waals surface area contributed by atoms with E-state index in [0.717, 1.165) is 0 Å². The molecular formula is C19H23N5O4. The van der Waals surface area contributed by atoms with Gasteiger partial charge in [-0.3, -0.25) is 4.79 Å². The molecule has 2 fully saturated rings. The molecule has 0 bridgehead atoms. The van der Waals surface area contributed by atoms with Crippen molar-refractivity contribution >= 4 is 17.6 Å². The number of hydrogen-bond acceptors (Lipinski definition) is 6. The summed E-state index contributed by atoms with van der Waals surface area (Å²) in [5.74, 6) is 1.72. The van der Waals surface area contributed by atoms with Crippen molar-refractivity contribution in [3.63, 3.8) is 0 Å². The first-order valence-corrected chi connectivity index (χ1v) is 9.16. The monoisotopic (exact) mass is 385 g/mol. The highest BCUT2D eigenvalue weighted by Gasteiger charge is 2.58. The Bertz CT molecular complexity index is 905. The Balaban J connectivity index is 1.47. The minimum atomic E-state index is -0.254. The number of urea groups is 1. The first kappa shape index (κ1) is 18.3. The van der Waals surface area contributed by atoms with E-state index in [1.807, 2.05) is 18.2 Å². The predicted octanol–water partition coefficient (Wildman–Crippen LogP) is 1.87. The molecule has 0 radical (unpaired) electrons. The SMILES string of the molecule is COc1cccc(NC(=O)N2CC3(CN(C(C)=O)CC3c3nc(C)no3)C2)c1. The lowest BCUT2D eigenvalue weighted by Gasteiger charge is -2.49. The van der Waals surface area contributed by atoms with Crippen LogP contribution in [0.1, 0.15) is 24.6 Å². The average Bonchev–Trinajstić information content (AvgIpc) is 3.24. The molecular weight excluding hydrogens is 362 g/mol. The number of aromatic nitrogens is 2. The maximum Gasteiger partial charge on any atom is 0.321 e. The van der Waals surface area contributed by atoms with E-state index in [-0.39, 0.29) is 23.3 Å². The fraction of sp³-hybridized carbons (Fsp3) is 0.474. The summed E-state index contributed by atoms with van der Waals surface area (Å²) in [6.45, 7) is 5.49. The lowest BCUT2D eigenvalue weighted by Crippen LogP contribution is -2.62. The van der Waals surface area contributed by atoms with Crippen molar-refractivity contribution in [1.82, 2.24) is 19.9 Å². The third-order valence-electron chi connectivity index (χ3n) is 5.55. The number of rotatable bonds is 3. The van der Waals surface area contributed by atoms with Gasteiger partial charge in [-0.1, -0.05) is 11.2 Å². The van der Waals surface area contributed by atoms with Crippen molar-refractivity contribution in [3.8, 4) is 5.75 Å². The Morgan fingerprint density at radius 2 is 2.04 bits per heavy atom. The lowest BCUT2D eigenvalue weighted by atomic mass is 9.71. The number of carbonyl (C=O) groups excluding carboxylic acids is 2. The van der Waals surface area contributed by atoms with Gasteiger partial charge in [-0.05, 0) is 19.1 Å². The molecule has 3 heterocycles. The standard InChI is InChI=1S/C19H23N5O4/c1-12-20-17(28-22-12)16-8-23(13(2)25)9-19(16)10-24(11-19)18(26)21-14-5-4-6-15(7-14)27-3/h4-7,16H,8-11H2,1-3H3,(H,21,26). The molecule has 9 heteroatoms. The zero-order chi connectivity index (χ0) is 19.9. The highest BCUT2D eigenvalue weighted by molar-refractivity contribution is 5.90. The summed E-state index contributed by atoms with van der Waals surface area (Å²) in [6.07, 6.45) is 0. The predicted molar refractivity (Wildman–Crippen MR) is 100 cm³/mol. The summed E-state index contributed by atoms with van der Waals surface area (Å²) < 4.78 is 10.6. The highest BCUT2D eigenvalue weighted by Crippen LogP contribution is 2.48. The van der Waals surface area contributed by atoms with E-state index in [4.69, 9.17) is 9.26 Å². The van der Waals surface area contributed by atoms with Crippen LogP contribution in [0.4, 0.5) is 10.5 Å². The fourth-order valence-corrected chi connectivity index (χ4v) is 4.08. The van der Waals surface area contributed by atoms with Crippen LogP contribution in [0.15, 0.2) is 28.8 Å². The van der Waals surface area contributed by atoms with Crippen molar-refractivity contribution in [2.75, 3.05) is 38.6 Å². The van der Waals surface area contributed by atoms with Gasteiger partial charge in [-0.25, -0.2) is 4.79 Å². The Morgan fingerprint density at radius 3 is 2.68 bits per heavy atom. The van der Waals surface area contributed by atoms with Gasteiger partial charge in [-0.15, -0.1) is 0 Å². The molecule has 28 heavy (non-hydrogen) atoms. The van der Waals surface area contributed by atoms with Gasteiger partial charge in [0, 0.05) is 50.3 Å². The number of nitrogens with one attached hydrogen (secondary N) is 1. The summed E-state index contributed by atoms with van der Waals surface area (Å²) >= 11 is 0. The van der Waals surface area contributed by atoms with Crippen LogP contribution in [0, 0.1) is 12.3 Å². The van der Waals surface area contributed by atoms with Crippen LogP contribution in [-0.4, -0.2) is 65.2 Å². The third-order valence-corrected chi connectivity index (χ3v) is 5.55. The van der Waals surface area contributed by atoms with Crippen molar-refractivity contribution in [2.45, 2.75) is 19.8 Å². The first-order valence-electron chi connectivity index (χ1n) is 9.16. The molecule has 2 aliphatic rings. The van der Waals surface area contributed by atoms with E-state index in [1.165, 1.54) is 0 Å². The zero-order valence-electron chi connectivity index (χ0n) is 16.1. The number of anilines is 1. The smallest absolute Gasteiger partial charge is 0.321 e. The van der Waals surface area contributed by atoms with Crippen molar-refractivity contribution < 1.29 is 18.8 Å². The molecule has 2 aliphatic heterocycles. The van der Waals surface area contributed by atoms with Crippen molar-refractivity contribution in [2.24, 2.45) is 5.41 Å². The molecule has 1 N–H and O–H groups in total. The van der Waals surface area contributed by atoms with E-state index >= 15 is 0 Å². The first-order chi connectivity index (χ1) is 13.4. The molecule has 0 aliphatic carbocycles. The van der Waals surface area contributed by atoms with Crippen LogP contribution >= 0.6 is 0 Å². The van der Waals surface area contributed by atoms with Gasteiger partial charge in [0.25, 0.3) is 0 Å². The second kappa shape index (κ2) is 6.81. The number of methoxy groups -OCH3 is 1. The summed E-state index contributed by atoms with van der Waals surface area (Å²) in [7, 11) is 1.58. The van der Waals surface area contributed by atoms with Gasteiger partial charge in [0.05, 0.1) is 13.0 Å². The Labute approximate surface area is 162 Å². The minimum absolute atomic E-state index is 0.0115. The van der Waals surface area contributed by atoms with E-state index in [2.05, 4.69) is 15.5 Å². The molecule has 1 atom stereocenters. The van der Waals surface area contributed by atoms with E-state index in [9.17, 15) is 9.59 Å². The summed E-state index contributed by atoms with van der Waals surface area (Å²) in [4.78, 5) is 32.5. The molecule has 9 nitrogen and oxygen atoms in total. The van der Waals surface area contributed by atoms with Gasteiger partial charge in [0.15, 0.2) is 5.82 Å². The normalized spacial score (nSPS) is 20.2. The van der Waals surface area contributed by atoms with Crippen LogP contribution in [0.3, 0.4) is 0 Å². The molecule has 1 spiro atoms. The van der Waals surface area contributed by atoms with Gasteiger partial charge in [0.2, 0.25) is 11.8 Å². The molecule has 0 saturated carbocycles. The number of benzene rings is 1. The average molecular weight is 385 g/mol. The number of nitrogens with zero attached hydrogens (tertiary/aromatic N) is 4. The van der Waals surface area contributed by atoms with Gasteiger partial charge >= 0.3 is 6.03 Å². The number of ether oxygens (including phenoxy) is 1. The maximum absolute atomic E-state index is 12.6. The number of hydrogen-bond donors (Lipinski definition) is 1. The summed E-state index contributed by atoms with van der Waals surface area (Å²) in [5.41, 5.74) is 0.419. The van der Waals surface area contributed by atoms with Crippen LogP contribution < -0.4 is 10.1 Å². The number of carbonyl (C=O) groups is 2. The van der Waals surface area contributed by atoms with Gasteiger partial charge in [-0.2, -0.15) is 4.98 Å². The molecule has 2 aromatic rings. The van der Waals surface area contributed by atoms with Gasteiger partial charge in [0.1, 0.15) is 5.75 Å². The second-order valence-corrected chi connectivity index (χ2v) is 7.51. The molecule has 2 saturated heterocycles. The molecule has 3 amide bonds. The van der Waals surface area contributed by atoms with E-state index in [0.29, 0.717) is 49.3 Å². The minimum Gasteiger partial charge on any atom is -0.497 e. The summed E-state index contributed by atoms with van der Waals surface area (Å²) in [5, 5.41) is 6.78. The van der Waals surface area contributed by atoms with Crippen LogP contribution in [0.25, 0.3) is 0 Å². The molecule has 1 aromatic heterocycles. The quantitative estimate of drug-likeness (QED) is 0.866. The van der Waals surface area contributed by atoms with Crippen LogP contribution in [-0.2, 0) is 4.79 Å². The third kappa shape index (κ3) is 3.17. The van der Waals surface area contributed by atoms with Crippen molar-refractivity contribution in [3.05, 3.63) is 36.0 Å². The fourth-order valence-electron chi connectivity index (χ4n) is 4.08. The molecule has 1 unspecified atom stereocenters. The van der Waals surface area contributed by atoms with Crippen molar-refractivity contribution in [1.29, 1.82) is 0 Å². The Morgan fingerprint density at radius 1 is 1.29 bits per heavy atom.